The summed E-state index contributed by atoms with van der Waals surface area (Å²) in [6.07, 6.45) is 0. The van der Waals surface area contributed by atoms with Crippen LogP contribution in [0, 0.1) is 17.0 Å². The van der Waals surface area contributed by atoms with Gasteiger partial charge in [0.15, 0.2) is 5.52 Å². The summed E-state index contributed by atoms with van der Waals surface area (Å²) in [6, 6.07) is 16.5. The van der Waals surface area contributed by atoms with Gasteiger partial charge in [0, 0.05) is 51.7 Å². The van der Waals surface area contributed by atoms with Crippen molar-refractivity contribution in [2.45, 2.75) is 12.7 Å². The number of benzene rings is 2. The summed E-state index contributed by atoms with van der Waals surface area (Å²) in [5.41, 5.74) is 2.87. The third-order valence-electron chi connectivity index (χ3n) is 3.96. The number of non-ortho nitro benzene ring substituents is 1. The summed E-state index contributed by atoms with van der Waals surface area (Å²) < 4.78 is 12.2. The maximum Gasteiger partial charge on any atom is 0.295 e. The van der Waals surface area contributed by atoms with E-state index in [0.717, 1.165) is 11.3 Å². The number of pyridine rings is 1. The minimum Gasteiger partial charge on any atom is -0.384 e. The number of nitro benzene ring substituents is 1. The van der Waals surface area contributed by atoms with Crippen molar-refractivity contribution in [3.8, 4) is 0 Å². The molecule has 134 valence electrons. The summed E-state index contributed by atoms with van der Waals surface area (Å²) in [6.45, 7) is 2.32. The molecule has 1 N–H and O–H groups in total. The van der Waals surface area contributed by atoms with Crippen molar-refractivity contribution in [2.24, 2.45) is 0 Å². The van der Waals surface area contributed by atoms with E-state index in [1.165, 1.54) is 6.07 Å². The first-order chi connectivity index (χ1) is 12.5. The quantitative estimate of drug-likeness (QED) is 0.505. The maximum atomic E-state index is 12.2. The molecule has 2 aromatic carbocycles. The number of hydrogen-bond acceptors (Lipinski definition) is 5. The van der Waals surface area contributed by atoms with Crippen molar-refractivity contribution in [1.29, 1.82) is 0 Å². The average molecular weight is 369 g/mol. The Kier molecular flexibility index (Phi) is 5.58. The molecule has 0 radical (unpaired) electrons. The van der Waals surface area contributed by atoms with Gasteiger partial charge in [-0.2, -0.15) is 0 Å². The van der Waals surface area contributed by atoms with E-state index in [2.05, 4.69) is 10.3 Å². The number of nitrogens with one attached hydrogen (secondary N) is 1. The Hall–Kier alpha value is -2.80. The molecule has 1 heterocycles. The van der Waals surface area contributed by atoms with Crippen LogP contribution in [-0.2, 0) is 16.6 Å². The van der Waals surface area contributed by atoms with Crippen molar-refractivity contribution >= 4 is 33.1 Å². The predicted molar refractivity (Wildman–Crippen MR) is 105 cm³/mol. The number of nitrogens with zero attached hydrogens (tertiary/aromatic N) is 2. The molecule has 0 bridgehead atoms. The van der Waals surface area contributed by atoms with Crippen molar-refractivity contribution in [1.82, 2.24) is 4.98 Å². The molecule has 3 aromatic rings. The zero-order valence-corrected chi connectivity index (χ0v) is 15.2. The van der Waals surface area contributed by atoms with E-state index in [1.54, 1.807) is 19.1 Å². The second-order valence-corrected chi connectivity index (χ2v) is 7.52. The normalized spacial score (nSPS) is 12.0. The minimum absolute atomic E-state index is 0.0121. The molecule has 26 heavy (non-hydrogen) atoms. The zero-order chi connectivity index (χ0) is 18.5. The topological polar surface area (TPSA) is 85.1 Å². The fourth-order valence-electron chi connectivity index (χ4n) is 2.79. The molecule has 1 aromatic heterocycles. The average Bonchev–Trinajstić information content (AvgIpc) is 2.61. The van der Waals surface area contributed by atoms with Gasteiger partial charge in [-0.15, -0.1) is 0 Å². The van der Waals surface area contributed by atoms with Gasteiger partial charge in [0.2, 0.25) is 0 Å². The monoisotopic (exact) mass is 369 g/mol. The molecule has 6 nitrogen and oxygen atoms in total. The summed E-state index contributed by atoms with van der Waals surface area (Å²) in [4.78, 5) is 15.1. The van der Waals surface area contributed by atoms with Crippen LogP contribution in [-0.4, -0.2) is 26.4 Å². The van der Waals surface area contributed by atoms with Crippen LogP contribution in [0.15, 0.2) is 54.6 Å². The zero-order valence-electron chi connectivity index (χ0n) is 14.3. The molecule has 0 saturated heterocycles. The van der Waals surface area contributed by atoms with Gasteiger partial charge in [0.1, 0.15) is 0 Å². The molecule has 0 saturated carbocycles. The molecule has 1 atom stereocenters. The van der Waals surface area contributed by atoms with Gasteiger partial charge < -0.3 is 5.32 Å². The summed E-state index contributed by atoms with van der Waals surface area (Å²) in [7, 11) is -0.982. The van der Waals surface area contributed by atoms with E-state index < -0.39 is 15.7 Å². The molecular formula is C19H19N3O3S. The molecular weight excluding hydrogens is 350 g/mol. The number of hydrogen-bond donors (Lipinski definition) is 1. The lowest BCUT2D eigenvalue weighted by molar-refractivity contribution is -0.383. The molecule has 0 aliphatic rings. The Bertz CT molecular complexity index is 961. The highest BCUT2D eigenvalue weighted by Crippen LogP contribution is 2.29. The Morgan fingerprint density at radius 1 is 1.15 bits per heavy atom. The van der Waals surface area contributed by atoms with Crippen molar-refractivity contribution in [3.63, 3.8) is 0 Å². The second kappa shape index (κ2) is 8.05. The summed E-state index contributed by atoms with van der Waals surface area (Å²) in [5.74, 6) is 1.01. The Morgan fingerprint density at radius 2 is 1.92 bits per heavy atom. The van der Waals surface area contributed by atoms with Gasteiger partial charge in [0.25, 0.3) is 5.69 Å². The SMILES string of the molecule is Cc1cc(NCCS(=O)Cc2ccccc2)c2cccc([N+](=O)[O-])c2n1. The number of nitro groups is 1. The van der Waals surface area contributed by atoms with E-state index >= 15 is 0 Å². The van der Waals surface area contributed by atoms with Crippen molar-refractivity contribution in [3.05, 3.63) is 76.0 Å². The fourth-order valence-corrected chi connectivity index (χ4v) is 3.83. The highest BCUT2D eigenvalue weighted by molar-refractivity contribution is 7.84. The van der Waals surface area contributed by atoms with Crippen LogP contribution in [0.3, 0.4) is 0 Å². The molecule has 1 unspecified atom stereocenters. The van der Waals surface area contributed by atoms with E-state index in [0.29, 0.717) is 34.6 Å². The largest absolute Gasteiger partial charge is 0.384 e. The van der Waals surface area contributed by atoms with Gasteiger partial charge >= 0.3 is 0 Å². The van der Waals surface area contributed by atoms with Gasteiger partial charge in [-0.1, -0.05) is 42.5 Å². The molecule has 0 fully saturated rings. The van der Waals surface area contributed by atoms with E-state index in [1.807, 2.05) is 36.4 Å². The van der Waals surface area contributed by atoms with Crippen LogP contribution >= 0.6 is 0 Å². The van der Waals surface area contributed by atoms with Crippen molar-refractivity contribution in [2.75, 3.05) is 17.6 Å². The number of anilines is 1. The first kappa shape index (κ1) is 18.0. The lowest BCUT2D eigenvalue weighted by Gasteiger charge is -2.11. The first-order valence-corrected chi connectivity index (χ1v) is 9.71. The number of aromatic nitrogens is 1. The molecule has 0 aliphatic heterocycles. The number of para-hydroxylation sites is 1. The number of rotatable bonds is 7. The van der Waals surface area contributed by atoms with Crippen LogP contribution in [0.2, 0.25) is 0 Å². The Morgan fingerprint density at radius 3 is 2.65 bits per heavy atom. The van der Waals surface area contributed by atoms with Gasteiger partial charge in [-0.3, -0.25) is 14.3 Å². The third kappa shape index (κ3) is 4.23. The van der Waals surface area contributed by atoms with Crippen LogP contribution < -0.4 is 5.32 Å². The van der Waals surface area contributed by atoms with E-state index in [9.17, 15) is 14.3 Å². The maximum absolute atomic E-state index is 12.2. The van der Waals surface area contributed by atoms with Gasteiger partial charge in [-0.25, -0.2) is 4.98 Å². The first-order valence-electron chi connectivity index (χ1n) is 8.22. The smallest absolute Gasteiger partial charge is 0.295 e. The fraction of sp³-hybridized carbons (Fsp3) is 0.211. The van der Waals surface area contributed by atoms with E-state index in [4.69, 9.17) is 0 Å². The van der Waals surface area contributed by atoms with Crippen LogP contribution in [0.4, 0.5) is 11.4 Å². The highest BCUT2D eigenvalue weighted by atomic mass is 32.2. The van der Waals surface area contributed by atoms with Crippen molar-refractivity contribution < 1.29 is 9.13 Å². The van der Waals surface area contributed by atoms with Gasteiger partial charge in [0.05, 0.1) is 4.92 Å². The summed E-state index contributed by atoms with van der Waals surface area (Å²) in [5, 5.41) is 15.2. The predicted octanol–water partition coefficient (Wildman–Crippen LogP) is 3.81. The molecule has 0 aliphatic carbocycles. The minimum atomic E-state index is -0.982. The second-order valence-electron chi connectivity index (χ2n) is 5.94. The molecule has 3 rings (SSSR count). The Labute approximate surface area is 153 Å². The third-order valence-corrected chi connectivity index (χ3v) is 5.27. The molecule has 7 heteroatoms. The molecule has 0 spiro atoms. The highest BCUT2D eigenvalue weighted by Gasteiger charge is 2.15. The molecule has 0 amide bonds. The lowest BCUT2D eigenvalue weighted by Crippen LogP contribution is -2.12. The van der Waals surface area contributed by atoms with Crippen LogP contribution in [0.5, 0.6) is 0 Å². The summed E-state index contributed by atoms with van der Waals surface area (Å²) >= 11 is 0. The number of aryl methyl sites for hydroxylation is 1. The van der Waals surface area contributed by atoms with Gasteiger partial charge in [-0.05, 0) is 18.6 Å². The van der Waals surface area contributed by atoms with Crippen LogP contribution in [0.1, 0.15) is 11.3 Å². The number of fused-ring (bicyclic) bond motifs is 1. The van der Waals surface area contributed by atoms with Crippen LogP contribution in [0.25, 0.3) is 10.9 Å². The van der Waals surface area contributed by atoms with E-state index in [-0.39, 0.29) is 5.69 Å². The Balaban J connectivity index is 1.72. The lowest BCUT2D eigenvalue weighted by atomic mass is 10.1. The standard InChI is InChI=1S/C19H19N3O3S/c1-14-12-17(16-8-5-9-18(22(23)24)19(16)21-14)20-10-11-26(25)13-15-6-3-2-4-7-15/h2-9,12H,10-11,13H2,1H3,(H,20,21).